The molecule has 0 atom stereocenters. The maximum Gasteiger partial charge on any atom is 0.0595 e. The summed E-state index contributed by atoms with van der Waals surface area (Å²) in [5.74, 6) is 0. The lowest BCUT2D eigenvalue weighted by atomic mass is 9.83. The second-order valence-electron chi connectivity index (χ2n) is 6.27. The van der Waals surface area contributed by atoms with E-state index in [9.17, 15) is 0 Å². The van der Waals surface area contributed by atoms with Crippen molar-refractivity contribution in [3.63, 3.8) is 0 Å². The van der Waals surface area contributed by atoms with Crippen molar-refractivity contribution in [3.05, 3.63) is 33.8 Å². The minimum absolute atomic E-state index is 0.341. The predicted molar refractivity (Wildman–Crippen MR) is 86.3 cm³/mol. The first-order valence-electron chi connectivity index (χ1n) is 6.97. The van der Waals surface area contributed by atoms with Crippen LogP contribution in [0, 0.1) is 5.41 Å². The third kappa shape index (κ3) is 6.65. The Bertz CT molecular complexity index is 400. The summed E-state index contributed by atoms with van der Waals surface area (Å²) in [6.07, 6.45) is 3.39. The fraction of sp³-hybridized carbons (Fsp3) is 0.625. The molecule has 0 spiro atoms. The van der Waals surface area contributed by atoms with Crippen LogP contribution in [0.25, 0.3) is 0 Å². The quantitative estimate of drug-likeness (QED) is 0.717. The molecule has 0 bridgehead atoms. The van der Waals surface area contributed by atoms with E-state index < -0.39 is 0 Å². The van der Waals surface area contributed by atoms with E-state index in [4.69, 9.17) is 23.2 Å². The summed E-state index contributed by atoms with van der Waals surface area (Å²) in [4.78, 5) is 0. The first-order chi connectivity index (χ1) is 8.80. The van der Waals surface area contributed by atoms with Gasteiger partial charge in [0.25, 0.3) is 0 Å². The molecule has 0 saturated carbocycles. The smallest absolute Gasteiger partial charge is 0.0595 e. The second-order valence-corrected chi connectivity index (χ2v) is 7.09. The molecule has 0 amide bonds. The van der Waals surface area contributed by atoms with E-state index in [0.29, 0.717) is 21.5 Å². The fourth-order valence-corrected chi connectivity index (χ4v) is 2.32. The van der Waals surface area contributed by atoms with Crippen molar-refractivity contribution < 1.29 is 0 Å². The highest BCUT2D eigenvalue weighted by Crippen LogP contribution is 2.28. The molecule has 0 saturated heterocycles. The Morgan fingerprint density at radius 2 is 1.79 bits per heavy atom. The molecule has 108 valence electrons. The summed E-state index contributed by atoms with van der Waals surface area (Å²) in [6.45, 7) is 10.1. The van der Waals surface area contributed by atoms with Crippen LogP contribution in [-0.4, -0.2) is 12.6 Å². The van der Waals surface area contributed by atoms with Crippen molar-refractivity contribution in [2.75, 3.05) is 6.54 Å². The van der Waals surface area contributed by atoms with Gasteiger partial charge in [-0.1, -0.05) is 57.0 Å². The predicted octanol–water partition coefficient (Wildman–Crippen LogP) is 5.34. The average Bonchev–Trinajstić information content (AvgIpc) is 2.30. The largest absolute Gasteiger partial charge is 0.315 e. The third-order valence-electron chi connectivity index (χ3n) is 3.43. The van der Waals surface area contributed by atoms with Crippen LogP contribution in [0.3, 0.4) is 0 Å². The van der Waals surface area contributed by atoms with Gasteiger partial charge in [-0.2, -0.15) is 0 Å². The van der Waals surface area contributed by atoms with E-state index in [1.54, 1.807) is 0 Å². The van der Waals surface area contributed by atoms with Gasteiger partial charge >= 0.3 is 0 Å². The van der Waals surface area contributed by atoms with Crippen LogP contribution in [0.2, 0.25) is 10.0 Å². The zero-order valence-corrected chi connectivity index (χ0v) is 13.9. The average molecular weight is 302 g/mol. The van der Waals surface area contributed by atoms with Crippen molar-refractivity contribution in [2.24, 2.45) is 5.41 Å². The number of halogens is 2. The summed E-state index contributed by atoms with van der Waals surface area (Å²) in [5, 5.41) is 4.76. The lowest BCUT2D eigenvalue weighted by Crippen LogP contribution is -2.28. The van der Waals surface area contributed by atoms with Gasteiger partial charge in [-0.3, -0.25) is 0 Å². The van der Waals surface area contributed by atoms with Gasteiger partial charge in [0.2, 0.25) is 0 Å². The van der Waals surface area contributed by atoms with Crippen molar-refractivity contribution >= 4 is 23.2 Å². The zero-order chi connectivity index (χ0) is 14.5. The van der Waals surface area contributed by atoms with Gasteiger partial charge < -0.3 is 5.32 Å². The molecule has 0 aromatic heterocycles. The normalized spacial score (nSPS) is 12.2. The van der Waals surface area contributed by atoms with Crippen LogP contribution in [0.5, 0.6) is 0 Å². The summed E-state index contributed by atoms with van der Waals surface area (Å²) in [6, 6.07) is 6.49. The van der Waals surface area contributed by atoms with Crippen LogP contribution >= 0.6 is 23.2 Å². The van der Waals surface area contributed by atoms with E-state index in [-0.39, 0.29) is 0 Å². The molecular weight excluding hydrogens is 277 g/mol. The maximum atomic E-state index is 6.04. The van der Waals surface area contributed by atoms with Crippen LogP contribution in [0.1, 0.15) is 46.1 Å². The van der Waals surface area contributed by atoms with Gasteiger partial charge in [0.15, 0.2) is 0 Å². The molecule has 3 heteroatoms. The standard InChI is InChI=1S/C16H25Cl2N/c1-12(2)19-10-9-16(3,4)8-7-13-5-6-14(17)15(18)11-13/h5-6,11-12,19H,7-10H2,1-4H3. The molecule has 0 radical (unpaired) electrons. The number of nitrogens with one attached hydrogen (secondary N) is 1. The Balaban J connectivity index is 2.43. The van der Waals surface area contributed by atoms with Gasteiger partial charge in [-0.05, 0) is 48.9 Å². The fourth-order valence-electron chi connectivity index (χ4n) is 2.00. The number of benzene rings is 1. The number of aryl methyl sites for hydroxylation is 1. The summed E-state index contributed by atoms with van der Waals surface area (Å²) in [5.41, 5.74) is 1.60. The highest BCUT2D eigenvalue weighted by molar-refractivity contribution is 6.42. The molecule has 1 nitrogen and oxygen atoms in total. The van der Waals surface area contributed by atoms with Crippen molar-refractivity contribution in [2.45, 2.75) is 53.0 Å². The molecule has 19 heavy (non-hydrogen) atoms. The Labute approximate surface area is 127 Å². The summed E-state index contributed by atoms with van der Waals surface area (Å²) < 4.78 is 0. The second kappa shape index (κ2) is 7.52. The highest BCUT2D eigenvalue weighted by Gasteiger charge is 2.17. The SMILES string of the molecule is CC(C)NCCC(C)(C)CCc1ccc(Cl)c(Cl)c1. The van der Waals surface area contributed by atoms with Crippen molar-refractivity contribution in [3.8, 4) is 0 Å². The molecule has 0 heterocycles. The molecular formula is C16H25Cl2N. The number of hydrogen-bond acceptors (Lipinski definition) is 1. The van der Waals surface area contributed by atoms with E-state index >= 15 is 0 Å². The van der Waals surface area contributed by atoms with Crippen LogP contribution < -0.4 is 5.32 Å². The molecule has 0 unspecified atom stereocenters. The van der Waals surface area contributed by atoms with Gasteiger partial charge in [0, 0.05) is 6.04 Å². The summed E-state index contributed by atoms with van der Waals surface area (Å²) in [7, 11) is 0. The van der Waals surface area contributed by atoms with E-state index in [0.717, 1.165) is 19.4 Å². The zero-order valence-electron chi connectivity index (χ0n) is 12.4. The van der Waals surface area contributed by atoms with Crippen molar-refractivity contribution in [1.29, 1.82) is 0 Å². The molecule has 1 rings (SSSR count). The van der Waals surface area contributed by atoms with Gasteiger partial charge in [-0.15, -0.1) is 0 Å². The molecule has 0 aliphatic carbocycles. The first kappa shape index (κ1) is 16.8. The van der Waals surface area contributed by atoms with E-state index in [1.165, 1.54) is 12.0 Å². The highest BCUT2D eigenvalue weighted by atomic mass is 35.5. The number of hydrogen-bond donors (Lipinski definition) is 1. The van der Waals surface area contributed by atoms with Crippen LogP contribution in [0.4, 0.5) is 0 Å². The van der Waals surface area contributed by atoms with Gasteiger partial charge in [0.1, 0.15) is 0 Å². The van der Waals surface area contributed by atoms with Gasteiger partial charge in [-0.25, -0.2) is 0 Å². The monoisotopic (exact) mass is 301 g/mol. The molecule has 0 aliphatic rings. The van der Waals surface area contributed by atoms with E-state index in [1.807, 2.05) is 12.1 Å². The minimum atomic E-state index is 0.341. The summed E-state index contributed by atoms with van der Waals surface area (Å²) >= 11 is 12.0. The maximum absolute atomic E-state index is 6.04. The molecule has 1 aromatic carbocycles. The van der Waals surface area contributed by atoms with E-state index in [2.05, 4.69) is 39.1 Å². The minimum Gasteiger partial charge on any atom is -0.315 e. The Hall–Kier alpha value is -0.240. The lowest BCUT2D eigenvalue weighted by Gasteiger charge is -2.25. The van der Waals surface area contributed by atoms with Crippen LogP contribution in [-0.2, 0) is 6.42 Å². The molecule has 0 aliphatic heterocycles. The van der Waals surface area contributed by atoms with Crippen molar-refractivity contribution in [1.82, 2.24) is 5.32 Å². The number of rotatable bonds is 7. The lowest BCUT2D eigenvalue weighted by molar-refractivity contribution is 0.298. The Morgan fingerprint density at radius 1 is 1.11 bits per heavy atom. The Kier molecular flexibility index (Phi) is 6.65. The molecule has 1 aromatic rings. The molecule has 0 fully saturated rings. The Morgan fingerprint density at radius 3 is 2.37 bits per heavy atom. The van der Waals surface area contributed by atoms with Gasteiger partial charge in [0.05, 0.1) is 10.0 Å². The molecule has 1 N–H and O–H groups in total. The topological polar surface area (TPSA) is 12.0 Å². The first-order valence-corrected chi connectivity index (χ1v) is 7.73. The van der Waals surface area contributed by atoms with Crippen LogP contribution in [0.15, 0.2) is 18.2 Å². The third-order valence-corrected chi connectivity index (χ3v) is 4.17.